The maximum atomic E-state index is 13.2. The number of carbonyl (C=O) groups excluding carboxylic acids is 1. The molecule has 0 bridgehead atoms. The average molecular weight is 343 g/mol. The summed E-state index contributed by atoms with van der Waals surface area (Å²) in [7, 11) is 3.61. The Morgan fingerprint density at radius 2 is 2.28 bits per heavy atom. The summed E-state index contributed by atoms with van der Waals surface area (Å²) in [5.41, 5.74) is 1.43. The van der Waals surface area contributed by atoms with E-state index in [4.69, 9.17) is 9.47 Å². The zero-order valence-electron chi connectivity index (χ0n) is 14.9. The van der Waals surface area contributed by atoms with E-state index in [1.165, 1.54) is 0 Å². The van der Waals surface area contributed by atoms with Gasteiger partial charge in [0.25, 0.3) is 5.91 Å². The summed E-state index contributed by atoms with van der Waals surface area (Å²) in [6.07, 6.45) is 3.11. The highest BCUT2D eigenvalue weighted by atomic mass is 16.5. The number of para-hydroxylation sites is 1. The minimum atomic E-state index is -0.0918. The van der Waals surface area contributed by atoms with Gasteiger partial charge in [-0.2, -0.15) is 5.10 Å². The fourth-order valence-electron chi connectivity index (χ4n) is 4.48. The van der Waals surface area contributed by atoms with Crippen molar-refractivity contribution in [1.82, 2.24) is 14.7 Å². The van der Waals surface area contributed by atoms with Crippen LogP contribution in [0, 0.1) is 5.41 Å². The first-order valence-corrected chi connectivity index (χ1v) is 8.96. The van der Waals surface area contributed by atoms with E-state index >= 15 is 0 Å². The third-order valence-electron chi connectivity index (χ3n) is 5.67. The monoisotopic (exact) mass is 343 g/mol. The number of ether oxygens (including phenoxy) is 2. The molecule has 1 aromatic heterocycles. The van der Waals surface area contributed by atoms with Gasteiger partial charge in [-0.05, 0) is 25.3 Å². The van der Waals surface area contributed by atoms with Gasteiger partial charge in [-0.1, -0.05) is 18.2 Å². The molecule has 0 spiro atoms. The number of methoxy groups -OCH3 is 1. The van der Waals surface area contributed by atoms with Crippen molar-refractivity contribution in [1.29, 1.82) is 0 Å². The van der Waals surface area contributed by atoms with Gasteiger partial charge in [-0.15, -0.1) is 0 Å². The highest BCUT2D eigenvalue weighted by Gasteiger charge is 2.47. The highest BCUT2D eigenvalue weighted by Crippen LogP contribution is 2.40. The number of amides is 1. The van der Waals surface area contributed by atoms with E-state index in [1.54, 1.807) is 11.8 Å². The molecule has 6 nitrogen and oxygen atoms in total. The molecule has 4 rings (SSSR count). The van der Waals surface area contributed by atoms with Crippen LogP contribution in [-0.2, 0) is 16.5 Å². The van der Waals surface area contributed by atoms with Gasteiger partial charge in [-0.3, -0.25) is 9.48 Å². The van der Waals surface area contributed by atoms with Crippen molar-refractivity contribution < 1.29 is 14.3 Å². The molecule has 0 N–H and O–H groups in total. The molecule has 2 atom stereocenters. The minimum Gasteiger partial charge on any atom is -0.384 e. The number of rotatable bonds is 3. The molecule has 2 fully saturated rings. The molecule has 1 aromatic carbocycles. The normalized spacial score (nSPS) is 26.6. The zero-order valence-corrected chi connectivity index (χ0v) is 14.9. The fraction of sp³-hybridized carbons (Fsp3) is 0.579. The molecule has 0 unspecified atom stereocenters. The lowest BCUT2D eigenvalue weighted by Gasteiger charge is -2.50. The Bertz CT molecular complexity index is 783. The van der Waals surface area contributed by atoms with Gasteiger partial charge >= 0.3 is 0 Å². The van der Waals surface area contributed by atoms with Gasteiger partial charge < -0.3 is 14.4 Å². The number of hydrogen-bond acceptors (Lipinski definition) is 4. The molecule has 0 saturated carbocycles. The van der Waals surface area contributed by atoms with Crippen LogP contribution in [0.15, 0.2) is 24.3 Å². The van der Waals surface area contributed by atoms with Crippen molar-refractivity contribution in [3.63, 3.8) is 0 Å². The van der Waals surface area contributed by atoms with E-state index in [2.05, 4.69) is 5.10 Å². The van der Waals surface area contributed by atoms with Crippen molar-refractivity contribution in [2.24, 2.45) is 12.5 Å². The summed E-state index contributed by atoms with van der Waals surface area (Å²) in [6.45, 7) is 2.83. The molecule has 2 aliphatic heterocycles. The van der Waals surface area contributed by atoms with Crippen LogP contribution in [-0.4, -0.2) is 60.1 Å². The molecule has 2 saturated heterocycles. The Kier molecular flexibility index (Phi) is 4.25. The van der Waals surface area contributed by atoms with Crippen LogP contribution in [0.1, 0.15) is 29.8 Å². The van der Waals surface area contributed by atoms with E-state index in [0.29, 0.717) is 25.4 Å². The number of fused-ring (bicyclic) bond motifs is 2. The van der Waals surface area contributed by atoms with Gasteiger partial charge in [0.1, 0.15) is 0 Å². The quantitative estimate of drug-likeness (QED) is 0.858. The molecule has 134 valence electrons. The Hall–Kier alpha value is -1.92. The van der Waals surface area contributed by atoms with E-state index in [-0.39, 0.29) is 17.4 Å². The van der Waals surface area contributed by atoms with Crippen molar-refractivity contribution in [3.8, 4) is 0 Å². The maximum absolute atomic E-state index is 13.2. The number of nitrogens with zero attached hydrogens (tertiary/aromatic N) is 3. The van der Waals surface area contributed by atoms with Gasteiger partial charge in [0.2, 0.25) is 0 Å². The Morgan fingerprint density at radius 1 is 1.44 bits per heavy atom. The van der Waals surface area contributed by atoms with Crippen LogP contribution in [0.25, 0.3) is 10.9 Å². The molecule has 1 amide bonds. The molecule has 6 heteroatoms. The van der Waals surface area contributed by atoms with Crippen molar-refractivity contribution in [3.05, 3.63) is 30.0 Å². The van der Waals surface area contributed by atoms with Crippen LogP contribution in [0.5, 0.6) is 0 Å². The summed E-state index contributed by atoms with van der Waals surface area (Å²) in [5.74, 6) is 0.0105. The molecule has 2 aliphatic rings. The molecular weight excluding hydrogens is 318 g/mol. The van der Waals surface area contributed by atoms with Crippen LogP contribution >= 0.6 is 0 Å². The predicted molar refractivity (Wildman–Crippen MR) is 94.5 cm³/mol. The largest absolute Gasteiger partial charge is 0.384 e. The number of aromatic nitrogens is 2. The lowest BCUT2D eigenvalue weighted by atomic mass is 9.73. The van der Waals surface area contributed by atoms with Gasteiger partial charge in [0, 0.05) is 44.7 Å². The molecule has 0 radical (unpaired) electrons. The summed E-state index contributed by atoms with van der Waals surface area (Å²) in [5, 5.41) is 5.42. The Labute approximate surface area is 147 Å². The summed E-state index contributed by atoms with van der Waals surface area (Å²) >= 11 is 0. The van der Waals surface area contributed by atoms with E-state index in [0.717, 1.165) is 36.8 Å². The van der Waals surface area contributed by atoms with E-state index in [1.807, 2.05) is 36.2 Å². The molecular formula is C19H25N3O3. The Morgan fingerprint density at radius 3 is 3.12 bits per heavy atom. The first kappa shape index (κ1) is 16.5. The lowest BCUT2D eigenvalue weighted by Crippen LogP contribution is -2.58. The summed E-state index contributed by atoms with van der Waals surface area (Å²) < 4.78 is 13.3. The SMILES string of the molecule is COC[C@@]12CCCO[C@H]1CCN(C(=O)c1nn(C)c3ccccc13)C2. The first-order chi connectivity index (χ1) is 12.1. The third-order valence-corrected chi connectivity index (χ3v) is 5.67. The number of piperidine rings is 1. The average Bonchev–Trinajstić information content (AvgIpc) is 2.98. The smallest absolute Gasteiger partial charge is 0.275 e. The minimum absolute atomic E-state index is 0.0105. The van der Waals surface area contributed by atoms with Crippen molar-refractivity contribution in [2.75, 3.05) is 33.4 Å². The van der Waals surface area contributed by atoms with E-state index in [9.17, 15) is 4.79 Å². The topological polar surface area (TPSA) is 56.6 Å². The van der Waals surface area contributed by atoms with Gasteiger partial charge in [0.05, 0.1) is 18.2 Å². The second kappa shape index (κ2) is 6.42. The van der Waals surface area contributed by atoms with E-state index < -0.39 is 0 Å². The second-order valence-electron chi connectivity index (χ2n) is 7.26. The number of likely N-dealkylation sites (tertiary alicyclic amines) is 1. The fourth-order valence-corrected chi connectivity index (χ4v) is 4.48. The van der Waals surface area contributed by atoms with Gasteiger partial charge in [-0.25, -0.2) is 0 Å². The van der Waals surface area contributed by atoms with Crippen LogP contribution in [0.2, 0.25) is 0 Å². The van der Waals surface area contributed by atoms with Gasteiger partial charge in [0.15, 0.2) is 5.69 Å². The summed E-state index contributed by atoms with van der Waals surface area (Å²) in [4.78, 5) is 15.2. The first-order valence-electron chi connectivity index (χ1n) is 8.96. The second-order valence-corrected chi connectivity index (χ2v) is 7.26. The number of hydrogen-bond donors (Lipinski definition) is 0. The van der Waals surface area contributed by atoms with Crippen LogP contribution in [0.3, 0.4) is 0 Å². The predicted octanol–water partition coefficient (Wildman–Crippen LogP) is 2.23. The summed E-state index contributed by atoms with van der Waals surface area (Å²) in [6, 6.07) is 7.88. The standard InChI is InChI=1S/C19H25N3O3/c1-21-15-7-4-3-6-14(15)17(20-21)18(23)22-10-8-16-19(12-22,13-24-2)9-5-11-25-16/h3-4,6-7,16H,5,8-13H2,1-2H3/t16-,19-/m0/s1. The third kappa shape index (κ3) is 2.73. The van der Waals surface area contributed by atoms with Crippen LogP contribution in [0.4, 0.5) is 0 Å². The van der Waals surface area contributed by atoms with Crippen molar-refractivity contribution in [2.45, 2.75) is 25.4 Å². The van der Waals surface area contributed by atoms with Crippen molar-refractivity contribution >= 4 is 16.8 Å². The number of benzene rings is 1. The highest BCUT2D eigenvalue weighted by molar-refractivity contribution is 6.04. The molecule has 25 heavy (non-hydrogen) atoms. The molecule has 0 aliphatic carbocycles. The number of aryl methyl sites for hydroxylation is 1. The maximum Gasteiger partial charge on any atom is 0.275 e. The number of carbonyl (C=O) groups is 1. The Balaban J connectivity index is 1.64. The zero-order chi connectivity index (χ0) is 17.4. The molecule has 3 heterocycles. The molecule has 2 aromatic rings. The van der Waals surface area contributed by atoms with Crippen LogP contribution < -0.4 is 0 Å². The lowest BCUT2D eigenvalue weighted by molar-refractivity contribution is -0.142.